The minimum atomic E-state index is -0.813. The summed E-state index contributed by atoms with van der Waals surface area (Å²) in [5, 5.41) is 3.98. The molecule has 1 fully saturated rings. The molecule has 1 aliphatic heterocycles. The molecule has 1 aromatic carbocycles. The van der Waals surface area contributed by atoms with Crippen molar-refractivity contribution in [2.45, 2.75) is 0 Å². The summed E-state index contributed by atoms with van der Waals surface area (Å²) in [7, 11) is 0. The van der Waals surface area contributed by atoms with Crippen molar-refractivity contribution >= 4 is 11.7 Å². The van der Waals surface area contributed by atoms with Gasteiger partial charge in [0.05, 0.1) is 18.9 Å². The lowest BCUT2D eigenvalue weighted by Gasteiger charge is -2.26. The Labute approximate surface area is 103 Å². The number of benzene rings is 1. The molecule has 1 saturated heterocycles. The number of rotatable bonds is 2. The van der Waals surface area contributed by atoms with Crippen molar-refractivity contribution in [2.24, 2.45) is 0 Å². The number of hydrogen-bond acceptors (Lipinski definition) is 3. The summed E-state index contributed by atoms with van der Waals surface area (Å²) in [6.07, 6.45) is 0. The molecule has 0 radical (unpaired) electrons. The van der Waals surface area contributed by atoms with Gasteiger partial charge in [-0.1, -0.05) is 0 Å². The van der Waals surface area contributed by atoms with Crippen molar-refractivity contribution in [1.82, 2.24) is 10.4 Å². The highest BCUT2D eigenvalue weighted by molar-refractivity contribution is 5.88. The molecule has 5 nitrogen and oxygen atoms in total. The van der Waals surface area contributed by atoms with Gasteiger partial charge >= 0.3 is 6.03 Å². The normalized spacial score (nSPS) is 16.3. The molecule has 2 N–H and O–H groups in total. The first kappa shape index (κ1) is 12.7. The van der Waals surface area contributed by atoms with Gasteiger partial charge in [-0.15, -0.1) is 0 Å². The number of nitrogens with one attached hydrogen (secondary N) is 2. The lowest BCUT2D eigenvalue weighted by molar-refractivity contribution is 0.0207. The van der Waals surface area contributed by atoms with Gasteiger partial charge in [0.2, 0.25) is 0 Å². The molecule has 0 unspecified atom stereocenters. The monoisotopic (exact) mass is 257 g/mol. The first-order chi connectivity index (χ1) is 8.65. The van der Waals surface area contributed by atoms with Crippen LogP contribution in [-0.2, 0) is 4.74 Å². The lowest BCUT2D eigenvalue weighted by atomic mass is 10.3. The molecule has 1 aromatic rings. The number of morpholine rings is 1. The van der Waals surface area contributed by atoms with E-state index in [1.54, 1.807) is 5.01 Å². The molecule has 98 valence electrons. The Bertz CT molecular complexity index is 436. The highest BCUT2D eigenvalue weighted by Gasteiger charge is 2.14. The molecule has 0 saturated carbocycles. The third-order valence-electron chi connectivity index (χ3n) is 2.45. The van der Waals surface area contributed by atoms with Gasteiger partial charge < -0.3 is 10.1 Å². The van der Waals surface area contributed by atoms with Crippen LogP contribution in [0, 0.1) is 11.6 Å². The van der Waals surface area contributed by atoms with E-state index in [1.165, 1.54) is 6.07 Å². The number of hydrogen-bond donors (Lipinski definition) is 2. The number of amides is 2. The van der Waals surface area contributed by atoms with Crippen LogP contribution in [-0.4, -0.2) is 37.3 Å². The minimum absolute atomic E-state index is 0.0674. The van der Waals surface area contributed by atoms with E-state index in [9.17, 15) is 13.6 Å². The van der Waals surface area contributed by atoms with Gasteiger partial charge in [0.25, 0.3) is 0 Å². The molecule has 1 aliphatic rings. The van der Waals surface area contributed by atoms with Crippen molar-refractivity contribution in [3.05, 3.63) is 29.8 Å². The molecule has 18 heavy (non-hydrogen) atoms. The van der Waals surface area contributed by atoms with Crippen molar-refractivity contribution < 1.29 is 18.3 Å². The first-order valence-corrected chi connectivity index (χ1v) is 5.50. The van der Waals surface area contributed by atoms with Gasteiger partial charge in [0.15, 0.2) is 0 Å². The van der Waals surface area contributed by atoms with E-state index in [0.717, 1.165) is 6.07 Å². The second-order valence-corrected chi connectivity index (χ2v) is 3.79. The smallest absolute Gasteiger partial charge is 0.333 e. The molecule has 2 amide bonds. The van der Waals surface area contributed by atoms with Crippen LogP contribution < -0.4 is 10.7 Å². The van der Waals surface area contributed by atoms with Gasteiger partial charge in [-0.05, 0) is 12.1 Å². The van der Waals surface area contributed by atoms with Gasteiger partial charge in [0.1, 0.15) is 11.6 Å². The number of carbonyl (C=O) groups is 1. The maximum Gasteiger partial charge on any atom is 0.333 e. The lowest BCUT2D eigenvalue weighted by Crippen LogP contribution is -2.49. The number of halogens is 2. The number of carbonyl (C=O) groups excluding carboxylic acids is 1. The Hall–Kier alpha value is -1.73. The Balaban J connectivity index is 1.90. The van der Waals surface area contributed by atoms with Crippen LogP contribution in [0.3, 0.4) is 0 Å². The van der Waals surface area contributed by atoms with E-state index in [4.69, 9.17) is 4.74 Å². The fourth-order valence-corrected chi connectivity index (χ4v) is 1.56. The summed E-state index contributed by atoms with van der Waals surface area (Å²) in [4.78, 5) is 11.6. The second-order valence-electron chi connectivity index (χ2n) is 3.79. The van der Waals surface area contributed by atoms with Crippen LogP contribution in [0.15, 0.2) is 18.2 Å². The van der Waals surface area contributed by atoms with Crippen LogP contribution >= 0.6 is 0 Å². The van der Waals surface area contributed by atoms with E-state index in [-0.39, 0.29) is 5.69 Å². The van der Waals surface area contributed by atoms with Crippen molar-refractivity contribution in [3.8, 4) is 0 Å². The van der Waals surface area contributed by atoms with Crippen LogP contribution in [0.25, 0.3) is 0 Å². The summed E-state index contributed by atoms with van der Waals surface area (Å²) in [5.74, 6) is -1.50. The number of nitrogens with zero attached hydrogens (tertiary/aromatic N) is 1. The zero-order valence-electron chi connectivity index (χ0n) is 9.58. The number of urea groups is 1. The Morgan fingerprint density at radius 2 is 2.00 bits per heavy atom. The van der Waals surface area contributed by atoms with Crippen molar-refractivity contribution in [2.75, 3.05) is 31.6 Å². The SMILES string of the molecule is O=C(Nc1ccc(F)cc1F)NN1CCOCC1. The second kappa shape index (κ2) is 5.74. The number of ether oxygens (including phenoxy) is 1. The largest absolute Gasteiger partial charge is 0.379 e. The fraction of sp³-hybridized carbons (Fsp3) is 0.364. The molecule has 0 spiro atoms. The summed E-state index contributed by atoms with van der Waals surface area (Å²) in [6, 6.07) is 2.39. The zero-order valence-corrected chi connectivity index (χ0v) is 9.58. The third kappa shape index (κ3) is 3.38. The predicted octanol–water partition coefficient (Wildman–Crippen LogP) is 1.33. The van der Waals surface area contributed by atoms with E-state index in [2.05, 4.69) is 10.7 Å². The maximum atomic E-state index is 13.3. The van der Waals surface area contributed by atoms with E-state index >= 15 is 0 Å². The summed E-state index contributed by atoms with van der Waals surface area (Å²) >= 11 is 0. The molecular formula is C11H13F2N3O2. The number of anilines is 1. The molecule has 1 heterocycles. The predicted molar refractivity (Wildman–Crippen MR) is 60.9 cm³/mol. The molecule has 0 atom stereocenters. The Morgan fingerprint density at radius 1 is 1.28 bits per heavy atom. The number of hydrazine groups is 1. The maximum absolute atomic E-state index is 13.3. The van der Waals surface area contributed by atoms with E-state index in [1.807, 2.05) is 0 Å². The molecule has 7 heteroatoms. The van der Waals surface area contributed by atoms with Gasteiger partial charge in [-0.2, -0.15) is 0 Å². The van der Waals surface area contributed by atoms with Crippen molar-refractivity contribution in [1.29, 1.82) is 0 Å². The highest BCUT2D eigenvalue weighted by Crippen LogP contribution is 2.14. The minimum Gasteiger partial charge on any atom is -0.379 e. The van der Waals surface area contributed by atoms with Crippen LogP contribution in [0.1, 0.15) is 0 Å². The zero-order chi connectivity index (χ0) is 13.0. The van der Waals surface area contributed by atoms with Gasteiger partial charge in [-0.25, -0.2) is 18.6 Å². The third-order valence-corrected chi connectivity index (χ3v) is 2.45. The van der Waals surface area contributed by atoms with Crippen LogP contribution in [0.4, 0.5) is 19.3 Å². The summed E-state index contributed by atoms with van der Waals surface area (Å²) in [5.41, 5.74) is 2.48. The molecule has 0 aromatic heterocycles. The average molecular weight is 257 g/mol. The average Bonchev–Trinajstić information content (AvgIpc) is 2.34. The fourth-order valence-electron chi connectivity index (χ4n) is 1.56. The molecule has 2 rings (SSSR count). The quantitative estimate of drug-likeness (QED) is 0.840. The van der Waals surface area contributed by atoms with Gasteiger partial charge in [0, 0.05) is 19.2 Å². The molecular weight excluding hydrogens is 244 g/mol. The van der Waals surface area contributed by atoms with Crippen LogP contribution in [0.5, 0.6) is 0 Å². The standard InChI is InChI=1S/C11H13F2N3O2/c12-8-1-2-10(9(13)7-8)14-11(17)15-16-3-5-18-6-4-16/h1-2,7H,3-6H2,(H2,14,15,17). The van der Waals surface area contributed by atoms with E-state index in [0.29, 0.717) is 32.4 Å². The highest BCUT2D eigenvalue weighted by atomic mass is 19.1. The Morgan fingerprint density at radius 3 is 2.67 bits per heavy atom. The summed E-state index contributed by atoms with van der Waals surface area (Å²) < 4.78 is 31.1. The van der Waals surface area contributed by atoms with Crippen molar-refractivity contribution in [3.63, 3.8) is 0 Å². The van der Waals surface area contributed by atoms with Crippen LogP contribution in [0.2, 0.25) is 0 Å². The first-order valence-electron chi connectivity index (χ1n) is 5.50. The molecule has 0 aliphatic carbocycles. The Kier molecular flexibility index (Phi) is 4.06. The summed E-state index contributed by atoms with van der Waals surface area (Å²) in [6.45, 7) is 2.20. The molecule has 0 bridgehead atoms. The van der Waals surface area contributed by atoms with Gasteiger partial charge in [-0.3, -0.25) is 5.43 Å². The van der Waals surface area contributed by atoms with E-state index < -0.39 is 17.7 Å². The topological polar surface area (TPSA) is 53.6 Å².